The zero-order valence-electron chi connectivity index (χ0n) is 11.4. The second kappa shape index (κ2) is 7.91. The molecule has 1 rings (SSSR count). The zero-order valence-corrected chi connectivity index (χ0v) is 12.2. The van der Waals surface area contributed by atoms with Gasteiger partial charge in [0.05, 0.1) is 17.5 Å². The zero-order chi connectivity index (χ0) is 15.1. The molecular weight excluding hydrogens is 279 g/mol. The number of carbonyl (C=O) groups is 1. The van der Waals surface area contributed by atoms with Crippen LogP contribution in [0.5, 0.6) is 0 Å². The molecule has 6 heteroatoms. The molecule has 1 aromatic carbocycles. The number of aliphatic carboxylic acids is 1. The van der Waals surface area contributed by atoms with Crippen molar-refractivity contribution in [2.45, 2.75) is 25.8 Å². The molecule has 0 aliphatic rings. The smallest absolute Gasteiger partial charge is 0.304 e. The first kappa shape index (κ1) is 16.5. The van der Waals surface area contributed by atoms with Crippen LogP contribution in [0.2, 0.25) is 0 Å². The van der Waals surface area contributed by atoms with Crippen LogP contribution in [0.25, 0.3) is 0 Å². The molecule has 3 N–H and O–H groups in total. The van der Waals surface area contributed by atoms with E-state index < -0.39 is 12.0 Å². The topological polar surface area (TPSA) is 66.6 Å². The van der Waals surface area contributed by atoms with Crippen LogP contribution in [0.1, 0.15) is 31.4 Å². The summed E-state index contributed by atoms with van der Waals surface area (Å²) < 4.78 is 13.9. The molecule has 0 aliphatic carbocycles. The summed E-state index contributed by atoms with van der Waals surface area (Å²) in [4.78, 5) is 12.7. The fraction of sp³-hybridized carbons (Fsp3) is 0.429. The molecule has 0 heterocycles. The highest BCUT2D eigenvalue weighted by Gasteiger charge is 2.25. The Hall–Kier alpha value is -1.53. The standard InChI is InChI=1S/C14H19FN2O2S/c1-2-8-17(9-7-12(18)19)13(14(16)20)10-5-3-4-6-11(10)15/h3-6,13H,2,7-9H2,1H3,(H2,16,20)(H,18,19). The van der Waals surface area contributed by atoms with Gasteiger partial charge in [-0.2, -0.15) is 0 Å². The van der Waals surface area contributed by atoms with Crippen LogP contribution in [0.4, 0.5) is 4.39 Å². The van der Waals surface area contributed by atoms with Crippen molar-refractivity contribution in [2.75, 3.05) is 13.1 Å². The number of hydrogen-bond donors (Lipinski definition) is 2. The van der Waals surface area contributed by atoms with Crippen LogP contribution in [0.3, 0.4) is 0 Å². The van der Waals surface area contributed by atoms with Gasteiger partial charge in [-0.25, -0.2) is 4.39 Å². The maximum atomic E-state index is 13.9. The van der Waals surface area contributed by atoms with Crippen molar-refractivity contribution >= 4 is 23.2 Å². The van der Waals surface area contributed by atoms with Crippen LogP contribution >= 0.6 is 12.2 Å². The lowest BCUT2D eigenvalue weighted by molar-refractivity contribution is -0.137. The van der Waals surface area contributed by atoms with Crippen LogP contribution in [-0.4, -0.2) is 34.1 Å². The van der Waals surface area contributed by atoms with E-state index in [1.165, 1.54) is 6.07 Å². The molecule has 0 aliphatic heterocycles. The molecule has 0 radical (unpaired) electrons. The van der Waals surface area contributed by atoms with Crippen LogP contribution in [0, 0.1) is 5.82 Å². The quantitative estimate of drug-likeness (QED) is 0.721. The van der Waals surface area contributed by atoms with E-state index in [1.807, 2.05) is 11.8 Å². The van der Waals surface area contributed by atoms with Crippen molar-refractivity contribution < 1.29 is 14.3 Å². The van der Waals surface area contributed by atoms with Gasteiger partial charge in [0, 0.05) is 12.1 Å². The molecule has 4 nitrogen and oxygen atoms in total. The molecule has 0 amide bonds. The Morgan fingerprint density at radius 3 is 2.60 bits per heavy atom. The molecule has 0 spiro atoms. The molecule has 0 aromatic heterocycles. The summed E-state index contributed by atoms with van der Waals surface area (Å²) in [6.07, 6.45) is 0.765. The van der Waals surface area contributed by atoms with Crippen LogP contribution < -0.4 is 5.73 Å². The number of hydrogen-bond acceptors (Lipinski definition) is 3. The third-order valence-corrected chi connectivity index (χ3v) is 3.18. The van der Waals surface area contributed by atoms with E-state index in [4.69, 9.17) is 23.1 Å². The van der Waals surface area contributed by atoms with Gasteiger partial charge >= 0.3 is 5.97 Å². The largest absolute Gasteiger partial charge is 0.481 e. The summed E-state index contributed by atoms with van der Waals surface area (Å²) in [6.45, 7) is 2.84. The van der Waals surface area contributed by atoms with E-state index in [0.717, 1.165) is 6.42 Å². The summed E-state index contributed by atoms with van der Waals surface area (Å²) in [5.41, 5.74) is 6.14. The van der Waals surface area contributed by atoms with E-state index in [-0.39, 0.29) is 23.8 Å². The van der Waals surface area contributed by atoms with E-state index in [0.29, 0.717) is 12.1 Å². The molecular formula is C14H19FN2O2S. The maximum Gasteiger partial charge on any atom is 0.304 e. The molecule has 1 unspecified atom stereocenters. The minimum Gasteiger partial charge on any atom is -0.481 e. The number of benzene rings is 1. The molecule has 1 atom stereocenters. The first-order valence-corrected chi connectivity index (χ1v) is 6.87. The van der Waals surface area contributed by atoms with Crippen LogP contribution in [0.15, 0.2) is 24.3 Å². The lowest BCUT2D eigenvalue weighted by atomic mass is 10.0. The van der Waals surface area contributed by atoms with E-state index >= 15 is 0 Å². The highest BCUT2D eigenvalue weighted by atomic mass is 32.1. The SMILES string of the molecule is CCCN(CCC(=O)O)C(C(N)=S)c1ccccc1F. The number of carboxylic acids is 1. The molecule has 0 fully saturated rings. The highest BCUT2D eigenvalue weighted by Crippen LogP contribution is 2.24. The first-order chi connectivity index (χ1) is 9.47. The maximum absolute atomic E-state index is 13.9. The van der Waals surface area contributed by atoms with E-state index in [1.54, 1.807) is 18.2 Å². The van der Waals surface area contributed by atoms with Gasteiger partial charge in [-0.3, -0.25) is 9.69 Å². The van der Waals surface area contributed by atoms with Gasteiger partial charge in [0.2, 0.25) is 0 Å². The van der Waals surface area contributed by atoms with Gasteiger partial charge in [-0.15, -0.1) is 0 Å². The lowest BCUT2D eigenvalue weighted by Gasteiger charge is -2.30. The Kier molecular flexibility index (Phi) is 6.54. The van der Waals surface area contributed by atoms with Gasteiger partial charge in [-0.1, -0.05) is 37.3 Å². The Labute approximate surface area is 123 Å². The second-order valence-electron chi connectivity index (χ2n) is 4.51. The predicted octanol–water partition coefficient (Wildman–Crippen LogP) is 2.34. The third-order valence-electron chi connectivity index (χ3n) is 2.96. The Morgan fingerprint density at radius 1 is 1.45 bits per heavy atom. The summed E-state index contributed by atoms with van der Waals surface area (Å²) in [7, 11) is 0. The van der Waals surface area contributed by atoms with E-state index in [9.17, 15) is 9.18 Å². The number of nitrogens with zero attached hydrogens (tertiary/aromatic N) is 1. The minimum atomic E-state index is -0.902. The van der Waals surface area contributed by atoms with Crippen molar-refractivity contribution in [2.24, 2.45) is 5.73 Å². The second-order valence-corrected chi connectivity index (χ2v) is 4.98. The summed E-state index contributed by atoms with van der Waals surface area (Å²) in [5.74, 6) is -1.29. The van der Waals surface area contributed by atoms with Gasteiger partial charge < -0.3 is 10.8 Å². The van der Waals surface area contributed by atoms with Crippen molar-refractivity contribution in [3.05, 3.63) is 35.6 Å². The Morgan fingerprint density at radius 2 is 2.10 bits per heavy atom. The fourth-order valence-electron chi connectivity index (χ4n) is 2.12. The first-order valence-electron chi connectivity index (χ1n) is 6.47. The molecule has 0 bridgehead atoms. The fourth-order valence-corrected chi connectivity index (χ4v) is 2.40. The number of rotatable bonds is 8. The van der Waals surface area contributed by atoms with E-state index in [2.05, 4.69) is 0 Å². The average molecular weight is 298 g/mol. The van der Waals surface area contributed by atoms with Crippen molar-refractivity contribution in [1.82, 2.24) is 4.90 Å². The van der Waals surface area contributed by atoms with Crippen molar-refractivity contribution in [3.8, 4) is 0 Å². The van der Waals surface area contributed by atoms with Crippen molar-refractivity contribution in [1.29, 1.82) is 0 Å². The van der Waals surface area contributed by atoms with Gasteiger partial charge in [-0.05, 0) is 19.0 Å². The lowest BCUT2D eigenvalue weighted by Crippen LogP contribution is -2.39. The number of thiocarbonyl (C=S) groups is 1. The molecule has 0 saturated carbocycles. The summed E-state index contributed by atoms with van der Waals surface area (Å²) in [6, 6.07) is 5.71. The third kappa shape index (κ3) is 4.54. The average Bonchev–Trinajstić information content (AvgIpc) is 2.38. The molecule has 1 aromatic rings. The monoisotopic (exact) mass is 298 g/mol. The number of carboxylic acid groups (broad SMARTS) is 1. The molecule has 110 valence electrons. The minimum absolute atomic E-state index is 0.0342. The molecule has 0 saturated heterocycles. The van der Waals surface area contributed by atoms with Gasteiger partial charge in [0.25, 0.3) is 0 Å². The number of nitrogens with two attached hydrogens (primary N) is 1. The van der Waals surface area contributed by atoms with Gasteiger partial charge in [0.15, 0.2) is 0 Å². The molecule has 20 heavy (non-hydrogen) atoms. The highest BCUT2D eigenvalue weighted by molar-refractivity contribution is 7.80. The van der Waals surface area contributed by atoms with Crippen LogP contribution in [-0.2, 0) is 4.79 Å². The number of halogens is 1. The predicted molar refractivity (Wildman–Crippen MR) is 80.0 cm³/mol. The Balaban J connectivity index is 3.05. The van der Waals surface area contributed by atoms with Gasteiger partial charge in [0.1, 0.15) is 5.82 Å². The summed E-state index contributed by atoms with van der Waals surface area (Å²) in [5, 5.41) is 8.81. The summed E-state index contributed by atoms with van der Waals surface area (Å²) >= 11 is 5.05. The van der Waals surface area contributed by atoms with Crippen molar-refractivity contribution in [3.63, 3.8) is 0 Å². The Bertz CT molecular complexity index is 482. The normalized spacial score (nSPS) is 12.3.